The molecule has 4 aromatic rings. The third-order valence-corrected chi connectivity index (χ3v) is 6.47. The normalized spacial score (nSPS) is 14.0. The Morgan fingerprint density at radius 1 is 1.06 bits per heavy atom. The molecule has 1 amide bonds. The van der Waals surface area contributed by atoms with Gasteiger partial charge in [0, 0.05) is 6.54 Å². The van der Waals surface area contributed by atoms with Crippen molar-refractivity contribution in [3.05, 3.63) is 113 Å². The molecule has 0 radical (unpaired) electrons. The number of amides is 1. The number of carbonyl (C=O) groups excluding carboxylic acids is 1. The quantitative estimate of drug-likeness (QED) is 0.309. The highest BCUT2D eigenvalue weighted by atomic mass is 19.1. The molecule has 1 atom stereocenters. The summed E-state index contributed by atoms with van der Waals surface area (Å²) in [4.78, 5) is 13.3. The Morgan fingerprint density at radius 3 is 2.61 bits per heavy atom. The van der Waals surface area contributed by atoms with Crippen molar-refractivity contribution < 1.29 is 9.18 Å². The topological polar surface area (TPSA) is 85.0 Å². The van der Waals surface area contributed by atoms with Crippen molar-refractivity contribution in [1.29, 1.82) is 0 Å². The smallest absolute Gasteiger partial charge is 0.274 e. The number of hydrogen-bond acceptors (Lipinski definition) is 4. The summed E-state index contributed by atoms with van der Waals surface area (Å²) in [5, 5.41) is 10.9. The van der Waals surface area contributed by atoms with E-state index < -0.39 is 11.7 Å². The van der Waals surface area contributed by atoms with Gasteiger partial charge in [-0.15, -0.1) is 0 Å². The monoisotopic (exact) mass is 483 g/mol. The maximum atomic E-state index is 14.9. The molecule has 36 heavy (non-hydrogen) atoms. The van der Waals surface area contributed by atoms with E-state index in [1.54, 1.807) is 22.9 Å². The lowest BCUT2D eigenvalue weighted by Gasteiger charge is -2.21. The van der Waals surface area contributed by atoms with Crippen molar-refractivity contribution >= 4 is 11.6 Å². The fourth-order valence-electron chi connectivity index (χ4n) is 4.36. The zero-order valence-corrected chi connectivity index (χ0v) is 20.2. The second-order valence-corrected chi connectivity index (χ2v) is 9.35. The number of benzene rings is 3. The van der Waals surface area contributed by atoms with E-state index in [2.05, 4.69) is 27.9 Å². The average molecular weight is 484 g/mol. The Morgan fingerprint density at radius 2 is 1.86 bits per heavy atom. The van der Waals surface area contributed by atoms with Crippen molar-refractivity contribution in [2.24, 2.45) is 11.7 Å². The first-order valence-corrected chi connectivity index (χ1v) is 12.3. The summed E-state index contributed by atoms with van der Waals surface area (Å²) in [7, 11) is 0. The van der Waals surface area contributed by atoms with Crippen LogP contribution in [0.4, 0.5) is 10.1 Å². The number of nitrogens with zero attached hydrogens (tertiary/aromatic N) is 2. The molecule has 3 aromatic carbocycles. The van der Waals surface area contributed by atoms with Crippen LogP contribution in [0.1, 0.15) is 51.8 Å². The van der Waals surface area contributed by atoms with Crippen molar-refractivity contribution in [2.75, 3.05) is 11.9 Å². The number of rotatable bonds is 9. The standard InChI is InChI=1S/C29H30FN5O/c1-19-14-27(35(34-19)24-9-5-6-21(15-24)17-31)29(36)33-26-16-23(12-13-25(26)30)28(32-18-20-10-11-20)22-7-3-2-4-8-22/h2-9,12-16,20,28,32H,10-11,17-18,31H2,1H3,(H,33,36). The number of aryl methyl sites for hydroxylation is 1. The van der Waals surface area contributed by atoms with E-state index >= 15 is 0 Å². The molecule has 1 aliphatic rings. The molecule has 0 saturated heterocycles. The third kappa shape index (κ3) is 5.37. The number of anilines is 1. The molecule has 1 aromatic heterocycles. The first-order valence-electron chi connectivity index (χ1n) is 12.3. The van der Waals surface area contributed by atoms with E-state index in [1.165, 1.54) is 18.9 Å². The summed E-state index contributed by atoms with van der Waals surface area (Å²) < 4.78 is 16.5. The maximum absolute atomic E-state index is 14.9. The van der Waals surface area contributed by atoms with Gasteiger partial charge in [-0.1, -0.05) is 48.5 Å². The first kappa shape index (κ1) is 23.9. The molecule has 1 heterocycles. The van der Waals surface area contributed by atoms with Crippen LogP contribution in [-0.4, -0.2) is 22.2 Å². The lowest BCUT2D eigenvalue weighted by Crippen LogP contribution is -2.25. The van der Waals surface area contributed by atoms with Crippen LogP contribution in [-0.2, 0) is 6.54 Å². The van der Waals surface area contributed by atoms with Gasteiger partial charge in [0.15, 0.2) is 0 Å². The molecule has 5 rings (SSSR count). The minimum absolute atomic E-state index is 0.102. The SMILES string of the molecule is Cc1cc(C(=O)Nc2cc(C(NCC3CC3)c3ccccc3)ccc2F)n(-c2cccc(CN)c2)n1. The molecule has 0 spiro atoms. The molecule has 4 N–H and O–H groups in total. The minimum atomic E-state index is -0.492. The number of nitrogens with two attached hydrogens (primary N) is 1. The Balaban J connectivity index is 1.43. The summed E-state index contributed by atoms with van der Waals surface area (Å²) >= 11 is 0. The van der Waals surface area contributed by atoms with Gasteiger partial charge >= 0.3 is 0 Å². The van der Waals surface area contributed by atoms with E-state index in [-0.39, 0.29) is 11.7 Å². The number of halogens is 1. The van der Waals surface area contributed by atoms with Gasteiger partial charge in [0.2, 0.25) is 0 Å². The van der Waals surface area contributed by atoms with E-state index in [0.29, 0.717) is 23.9 Å². The van der Waals surface area contributed by atoms with Gasteiger partial charge in [-0.25, -0.2) is 9.07 Å². The van der Waals surface area contributed by atoms with Crippen molar-refractivity contribution in [3.63, 3.8) is 0 Å². The number of carbonyl (C=O) groups is 1. The molecule has 1 unspecified atom stereocenters. The van der Waals surface area contributed by atoms with Crippen LogP contribution in [0.25, 0.3) is 5.69 Å². The Bertz CT molecular complexity index is 1360. The minimum Gasteiger partial charge on any atom is -0.326 e. The van der Waals surface area contributed by atoms with Crippen LogP contribution in [0.3, 0.4) is 0 Å². The molecule has 0 bridgehead atoms. The van der Waals surface area contributed by atoms with Gasteiger partial charge in [0.05, 0.1) is 23.1 Å². The van der Waals surface area contributed by atoms with Crippen LogP contribution in [0.2, 0.25) is 0 Å². The first-order chi connectivity index (χ1) is 17.5. The number of aromatic nitrogens is 2. The Labute approximate surface area is 210 Å². The third-order valence-electron chi connectivity index (χ3n) is 6.47. The fourth-order valence-corrected chi connectivity index (χ4v) is 4.36. The number of hydrogen-bond donors (Lipinski definition) is 3. The summed E-state index contributed by atoms with van der Waals surface area (Å²) in [6.07, 6.45) is 2.47. The Kier molecular flexibility index (Phi) is 6.93. The molecule has 1 fully saturated rings. The second-order valence-electron chi connectivity index (χ2n) is 9.35. The van der Waals surface area contributed by atoms with Gasteiger partial charge in [-0.05, 0) is 79.3 Å². The summed E-state index contributed by atoms with van der Waals surface area (Å²) in [6.45, 7) is 3.10. The van der Waals surface area contributed by atoms with Gasteiger partial charge in [-0.2, -0.15) is 5.10 Å². The largest absolute Gasteiger partial charge is 0.326 e. The van der Waals surface area contributed by atoms with Crippen LogP contribution in [0.5, 0.6) is 0 Å². The van der Waals surface area contributed by atoms with Crippen LogP contribution in [0.15, 0.2) is 78.9 Å². The maximum Gasteiger partial charge on any atom is 0.274 e. The van der Waals surface area contributed by atoms with E-state index in [0.717, 1.165) is 28.9 Å². The van der Waals surface area contributed by atoms with Crippen molar-refractivity contribution in [2.45, 2.75) is 32.4 Å². The molecule has 0 aliphatic heterocycles. The average Bonchev–Trinajstić information content (AvgIpc) is 3.65. The van der Waals surface area contributed by atoms with Crippen LogP contribution >= 0.6 is 0 Å². The van der Waals surface area contributed by atoms with Crippen molar-refractivity contribution in [3.8, 4) is 5.69 Å². The fraction of sp³-hybridized carbons (Fsp3) is 0.241. The highest BCUT2D eigenvalue weighted by Crippen LogP contribution is 2.31. The lowest BCUT2D eigenvalue weighted by molar-refractivity contribution is 0.101. The van der Waals surface area contributed by atoms with Gasteiger partial charge < -0.3 is 16.4 Å². The van der Waals surface area contributed by atoms with E-state index in [4.69, 9.17) is 5.73 Å². The van der Waals surface area contributed by atoms with E-state index in [9.17, 15) is 9.18 Å². The summed E-state index contributed by atoms with van der Waals surface area (Å²) in [5.41, 5.74) is 10.5. The molecule has 6 nitrogen and oxygen atoms in total. The van der Waals surface area contributed by atoms with Gasteiger partial charge in [0.1, 0.15) is 11.5 Å². The predicted octanol–water partition coefficient (Wildman–Crippen LogP) is 5.12. The summed E-state index contributed by atoms with van der Waals surface area (Å²) in [5.74, 6) is -0.238. The van der Waals surface area contributed by atoms with E-state index in [1.807, 2.05) is 49.4 Å². The highest BCUT2D eigenvalue weighted by molar-refractivity contribution is 6.03. The zero-order chi connectivity index (χ0) is 25.1. The molecular formula is C29H30FN5O. The molecule has 7 heteroatoms. The van der Waals surface area contributed by atoms with Crippen molar-refractivity contribution in [1.82, 2.24) is 15.1 Å². The number of nitrogens with one attached hydrogen (secondary N) is 2. The second kappa shape index (κ2) is 10.4. The molecule has 184 valence electrons. The molecule has 1 aliphatic carbocycles. The molecule has 1 saturated carbocycles. The molecular weight excluding hydrogens is 453 g/mol. The highest BCUT2D eigenvalue weighted by Gasteiger charge is 2.24. The summed E-state index contributed by atoms with van der Waals surface area (Å²) in [6, 6.07) is 24.1. The van der Waals surface area contributed by atoms with Gasteiger partial charge in [0.25, 0.3) is 5.91 Å². The Hall–Kier alpha value is -3.81. The van der Waals surface area contributed by atoms with Gasteiger partial charge in [-0.3, -0.25) is 4.79 Å². The predicted molar refractivity (Wildman–Crippen MR) is 140 cm³/mol. The van der Waals surface area contributed by atoms with Crippen LogP contribution < -0.4 is 16.4 Å². The lowest BCUT2D eigenvalue weighted by atomic mass is 9.97. The van der Waals surface area contributed by atoms with Crippen LogP contribution in [0, 0.1) is 18.7 Å². The zero-order valence-electron chi connectivity index (χ0n) is 20.2.